The van der Waals surface area contributed by atoms with Crippen LogP contribution < -0.4 is 9.84 Å². The first-order chi connectivity index (χ1) is 18.3. The summed E-state index contributed by atoms with van der Waals surface area (Å²) in [6.45, 7) is 18.6. The maximum Gasteiger partial charge on any atom is 0.407 e. The van der Waals surface area contributed by atoms with Crippen LogP contribution in [0.3, 0.4) is 0 Å². The number of carbonyl (C=O) groups excluding carboxylic acids is 1. The number of hydrogen-bond acceptors (Lipinski definition) is 3. The Morgan fingerprint density at radius 1 is 1.00 bits per heavy atom. The largest absolute Gasteiger partial charge is 0.469 e. The number of amides is 1. The molecule has 1 N–H and O–H groups in total. The molecule has 1 fully saturated rings. The molecule has 1 aliphatic carbocycles. The Labute approximate surface area is 236 Å². The van der Waals surface area contributed by atoms with Crippen molar-refractivity contribution in [3.05, 3.63) is 71.9 Å². The average molecular weight is 549 g/mol. The minimum absolute atomic E-state index is 0.0711. The van der Waals surface area contributed by atoms with E-state index in [9.17, 15) is 4.79 Å². The van der Waals surface area contributed by atoms with Gasteiger partial charge >= 0.3 is 6.09 Å². The molecule has 0 aliphatic heterocycles. The molecule has 1 amide bonds. The van der Waals surface area contributed by atoms with Crippen molar-refractivity contribution in [2.24, 2.45) is 11.8 Å². The summed E-state index contributed by atoms with van der Waals surface area (Å²) in [5.74, 6) is 0.838. The predicted molar refractivity (Wildman–Crippen MR) is 164 cm³/mol. The fourth-order valence-corrected chi connectivity index (χ4v) is 6.64. The number of ether oxygens (including phenoxy) is 1. The third kappa shape index (κ3) is 6.54. The number of para-hydroxylation sites is 1. The van der Waals surface area contributed by atoms with Crippen LogP contribution in [0.4, 0.5) is 4.79 Å². The van der Waals surface area contributed by atoms with E-state index in [0.29, 0.717) is 18.9 Å². The minimum atomic E-state index is -2.00. The van der Waals surface area contributed by atoms with Crippen LogP contribution in [0.25, 0.3) is 10.9 Å². The van der Waals surface area contributed by atoms with Gasteiger partial charge in [-0.05, 0) is 65.9 Å². The Morgan fingerprint density at radius 2 is 1.67 bits per heavy atom. The Balaban J connectivity index is 1.42. The number of hydrogen-bond donors (Lipinski definition) is 1. The fourth-order valence-electron chi connectivity index (χ4n) is 5.72. The molecule has 4 rings (SSSR count). The number of aromatic nitrogens is 1. The quantitative estimate of drug-likeness (QED) is 0.289. The van der Waals surface area contributed by atoms with Crippen molar-refractivity contribution in [3.63, 3.8) is 0 Å². The molecule has 6 heteroatoms. The lowest BCUT2D eigenvalue weighted by Crippen LogP contribution is -2.47. The van der Waals surface area contributed by atoms with Crippen LogP contribution in [0.1, 0.15) is 71.9 Å². The van der Waals surface area contributed by atoms with Crippen molar-refractivity contribution in [2.75, 3.05) is 6.54 Å². The van der Waals surface area contributed by atoms with Gasteiger partial charge in [-0.15, -0.1) is 0 Å². The maximum absolute atomic E-state index is 13.0. The number of alkyl carbamates (subject to hydrolysis) is 1. The van der Waals surface area contributed by atoms with Gasteiger partial charge in [0, 0.05) is 24.0 Å². The maximum atomic E-state index is 13.0. The van der Waals surface area contributed by atoms with Crippen LogP contribution in [0, 0.1) is 11.8 Å². The average Bonchev–Trinajstić information content (AvgIpc) is 3.20. The molecule has 3 aromatic rings. The Hall–Kier alpha value is -2.73. The molecular formula is C33H48N2O3Si. The van der Waals surface area contributed by atoms with Crippen molar-refractivity contribution in [3.8, 4) is 0 Å². The Bertz CT molecular complexity index is 1260. The summed E-state index contributed by atoms with van der Waals surface area (Å²) in [6, 6.07) is 19.0. The lowest BCUT2D eigenvalue weighted by atomic mass is 9.64. The van der Waals surface area contributed by atoms with Crippen LogP contribution in [-0.4, -0.2) is 31.8 Å². The second-order valence-electron chi connectivity index (χ2n) is 13.6. The highest BCUT2D eigenvalue weighted by molar-refractivity contribution is 6.74. The second kappa shape index (κ2) is 11.4. The van der Waals surface area contributed by atoms with Crippen LogP contribution in [0.5, 0.6) is 0 Å². The van der Waals surface area contributed by atoms with Crippen molar-refractivity contribution in [1.82, 2.24) is 10.0 Å². The molecule has 5 nitrogen and oxygen atoms in total. The van der Waals surface area contributed by atoms with E-state index >= 15 is 0 Å². The van der Waals surface area contributed by atoms with Crippen molar-refractivity contribution in [2.45, 2.75) is 96.9 Å². The summed E-state index contributed by atoms with van der Waals surface area (Å²) < 4.78 is 14.7. The highest BCUT2D eigenvalue weighted by Gasteiger charge is 2.42. The van der Waals surface area contributed by atoms with Gasteiger partial charge in [0.1, 0.15) is 6.10 Å². The molecular weight excluding hydrogens is 500 g/mol. The first-order valence-electron chi connectivity index (χ1n) is 14.6. The number of carbonyl (C=O) groups is 1. The summed E-state index contributed by atoms with van der Waals surface area (Å²) >= 11 is 0. The zero-order chi connectivity index (χ0) is 28.4. The highest BCUT2D eigenvalue weighted by Crippen LogP contribution is 2.43. The molecule has 0 radical (unpaired) electrons. The first kappa shape index (κ1) is 29.3. The van der Waals surface area contributed by atoms with Gasteiger partial charge in [0.15, 0.2) is 0 Å². The Kier molecular flexibility index (Phi) is 8.55. The molecule has 39 heavy (non-hydrogen) atoms. The first-order valence-corrected chi connectivity index (χ1v) is 17.5. The summed E-state index contributed by atoms with van der Waals surface area (Å²) in [4.78, 5) is 13.0. The molecule has 0 spiro atoms. The number of nitrogens with one attached hydrogen (secondary N) is 1. The van der Waals surface area contributed by atoms with Gasteiger partial charge in [0.2, 0.25) is 0 Å². The van der Waals surface area contributed by atoms with Gasteiger partial charge in [-0.25, -0.2) is 9.52 Å². The lowest BCUT2D eigenvalue weighted by Gasteiger charge is -2.43. The molecule has 1 heterocycles. The smallest absolute Gasteiger partial charge is 0.407 e. The van der Waals surface area contributed by atoms with E-state index in [1.165, 1.54) is 17.5 Å². The molecule has 1 aliphatic rings. The standard InChI is InChI=1S/C33H48N2O3Si/c1-24-18-19-28(33(5,6)26-14-10-9-11-15-26)30(22-24)37-31(36)34-21-20-25-23-35(29-17-13-12-16-27(25)29)38-39(7,8)32(2,3)4/h9-17,23-24,28,30H,18-22H2,1-8H3,(H,34,36)/t24-,28-,30-/m1/s1. The van der Waals surface area contributed by atoms with Gasteiger partial charge in [-0.1, -0.05) is 96.5 Å². The van der Waals surface area contributed by atoms with E-state index in [1.807, 2.05) is 10.8 Å². The van der Waals surface area contributed by atoms with E-state index in [2.05, 4.69) is 115 Å². The van der Waals surface area contributed by atoms with Crippen LogP contribution >= 0.6 is 0 Å². The van der Waals surface area contributed by atoms with Gasteiger partial charge in [-0.2, -0.15) is 0 Å². The zero-order valence-electron chi connectivity index (χ0n) is 25.2. The predicted octanol–water partition coefficient (Wildman–Crippen LogP) is 8.13. The van der Waals surface area contributed by atoms with E-state index in [1.54, 1.807) is 0 Å². The van der Waals surface area contributed by atoms with E-state index < -0.39 is 8.32 Å². The molecule has 1 aromatic heterocycles. The van der Waals surface area contributed by atoms with Crippen molar-refractivity contribution >= 4 is 25.3 Å². The molecule has 0 bridgehead atoms. The topological polar surface area (TPSA) is 52.5 Å². The van der Waals surface area contributed by atoms with Gasteiger partial charge in [0.25, 0.3) is 8.32 Å². The fraction of sp³-hybridized carbons (Fsp3) is 0.545. The van der Waals surface area contributed by atoms with Crippen molar-refractivity contribution in [1.29, 1.82) is 0 Å². The SMILES string of the molecule is C[C@@H]1CC[C@@H](C(C)(C)c2ccccc2)[C@H](OC(=O)NCCc2cn(O[Si](C)(C)C(C)(C)C)c3ccccc23)C1. The number of benzene rings is 2. The van der Waals surface area contributed by atoms with Gasteiger partial charge in [-0.3, -0.25) is 0 Å². The second-order valence-corrected chi connectivity index (χ2v) is 18.3. The summed E-state index contributed by atoms with van der Waals surface area (Å²) in [7, 11) is -2.00. The zero-order valence-corrected chi connectivity index (χ0v) is 26.2. The number of rotatable bonds is 8. The number of nitrogens with zero attached hydrogens (tertiary/aromatic N) is 1. The van der Waals surface area contributed by atoms with E-state index in [-0.39, 0.29) is 28.6 Å². The normalized spacial score (nSPS) is 20.6. The van der Waals surface area contributed by atoms with E-state index in [4.69, 9.17) is 9.26 Å². The van der Waals surface area contributed by atoms with Crippen LogP contribution in [0.15, 0.2) is 60.8 Å². The number of fused-ring (bicyclic) bond motifs is 1. The van der Waals surface area contributed by atoms with E-state index in [0.717, 1.165) is 23.7 Å². The highest BCUT2D eigenvalue weighted by atomic mass is 28.4. The van der Waals surface area contributed by atoms with Crippen molar-refractivity contribution < 1.29 is 14.1 Å². The summed E-state index contributed by atoms with van der Waals surface area (Å²) in [5, 5.41) is 4.32. The lowest BCUT2D eigenvalue weighted by molar-refractivity contribution is -0.00308. The molecule has 0 unspecified atom stereocenters. The minimum Gasteiger partial charge on any atom is -0.469 e. The monoisotopic (exact) mass is 548 g/mol. The van der Waals surface area contributed by atoms with Gasteiger partial charge in [0.05, 0.1) is 5.52 Å². The molecule has 0 saturated heterocycles. The van der Waals surface area contributed by atoms with Gasteiger partial charge < -0.3 is 14.6 Å². The third-order valence-corrected chi connectivity index (χ3v) is 13.6. The summed E-state index contributed by atoms with van der Waals surface area (Å²) in [6.07, 6.45) is 5.54. The molecule has 3 atom stereocenters. The molecule has 212 valence electrons. The molecule has 2 aromatic carbocycles. The molecule has 1 saturated carbocycles. The third-order valence-electron chi connectivity index (χ3n) is 9.31. The summed E-state index contributed by atoms with van der Waals surface area (Å²) in [5.41, 5.74) is 3.47. The van der Waals surface area contributed by atoms with Crippen LogP contribution in [0.2, 0.25) is 18.1 Å². The van der Waals surface area contributed by atoms with Crippen LogP contribution in [-0.2, 0) is 16.6 Å². The Morgan fingerprint density at radius 3 is 2.36 bits per heavy atom.